The van der Waals surface area contributed by atoms with Crippen molar-refractivity contribution in [1.82, 2.24) is 19.9 Å². The molecule has 1 spiro atoms. The quantitative estimate of drug-likeness (QED) is 0.669. The lowest BCUT2D eigenvalue weighted by molar-refractivity contribution is -0.0275. The first-order chi connectivity index (χ1) is 14.6. The maximum Gasteiger partial charge on any atom is 0.209 e. The van der Waals surface area contributed by atoms with E-state index in [1.807, 2.05) is 19.2 Å². The van der Waals surface area contributed by atoms with E-state index in [1.165, 1.54) is 12.1 Å². The molecule has 2 aromatic heterocycles. The number of methoxy groups -OCH3 is 1. The van der Waals surface area contributed by atoms with E-state index in [1.54, 1.807) is 23.9 Å². The number of amidine groups is 1. The highest BCUT2D eigenvalue weighted by Crippen LogP contribution is 2.34. The van der Waals surface area contributed by atoms with Gasteiger partial charge in [0, 0.05) is 24.6 Å². The van der Waals surface area contributed by atoms with Crippen LogP contribution in [-0.2, 0) is 4.84 Å². The second-order valence-corrected chi connectivity index (χ2v) is 7.75. The Labute approximate surface area is 173 Å². The van der Waals surface area contributed by atoms with Crippen molar-refractivity contribution in [3.8, 4) is 5.75 Å². The Hall–Kier alpha value is -3.36. The summed E-state index contributed by atoms with van der Waals surface area (Å²) in [6.45, 7) is 1.93. The van der Waals surface area contributed by atoms with Crippen LogP contribution in [0.5, 0.6) is 5.75 Å². The Morgan fingerprint density at radius 3 is 2.93 bits per heavy atom. The highest BCUT2D eigenvalue weighted by atomic mass is 19.1. The second-order valence-electron chi connectivity index (χ2n) is 7.75. The van der Waals surface area contributed by atoms with Crippen molar-refractivity contribution in [2.24, 2.45) is 5.16 Å². The van der Waals surface area contributed by atoms with Gasteiger partial charge < -0.3 is 20.2 Å². The maximum atomic E-state index is 13.8. The average molecular weight is 410 g/mol. The highest BCUT2D eigenvalue weighted by molar-refractivity contribution is 6.04. The molecule has 1 fully saturated rings. The number of oxime groups is 1. The van der Waals surface area contributed by atoms with E-state index in [-0.39, 0.29) is 17.6 Å². The molecule has 0 saturated heterocycles. The fourth-order valence-corrected chi connectivity index (χ4v) is 4.13. The molecular formula is C21H23FN6O2. The minimum absolute atomic E-state index is 0.219. The number of hydrogen-bond acceptors (Lipinski definition) is 7. The van der Waals surface area contributed by atoms with Crippen molar-refractivity contribution in [3.05, 3.63) is 53.6 Å². The van der Waals surface area contributed by atoms with Crippen molar-refractivity contribution >= 4 is 17.3 Å². The minimum atomic E-state index is -0.387. The van der Waals surface area contributed by atoms with Crippen LogP contribution in [0.2, 0.25) is 0 Å². The smallest absolute Gasteiger partial charge is 0.209 e. The molecule has 1 atom stereocenters. The third-order valence-corrected chi connectivity index (χ3v) is 5.72. The zero-order valence-corrected chi connectivity index (χ0v) is 16.9. The number of hydrogen-bond donors (Lipinski definition) is 2. The molecule has 0 radical (unpaired) electrons. The Balaban J connectivity index is 1.42. The maximum absolute atomic E-state index is 13.8. The van der Waals surface area contributed by atoms with Crippen LogP contribution >= 0.6 is 0 Å². The van der Waals surface area contributed by atoms with Gasteiger partial charge in [0.1, 0.15) is 17.4 Å². The van der Waals surface area contributed by atoms with Gasteiger partial charge in [-0.2, -0.15) is 5.10 Å². The molecule has 1 aliphatic carbocycles. The first kappa shape index (κ1) is 18.7. The zero-order valence-electron chi connectivity index (χ0n) is 16.9. The Bertz CT molecular complexity index is 1120. The number of nitrogens with zero attached hydrogens (tertiary/aromatic N) is 4. The van der Waals surface area contributed by atoms with E-state index in [2.05, 4.69) is 20.9 Å². The van der Waals surface area contributed by atoms with Crippen LogP contribution in [0.4, 0.5) is 10.2 Å². The summed E-state index contributed by atoms with van der Waals surface area (Å²) < 4.78 is 20.8. The van der Waals surface area contributed by atoms with Gasteiger partial charge in [-0.05, 0) is 44.0 Å². The van der Waals surface area contributed by atoms with Gasteiger partial charge >= 0.3 is 0 Å². The second kappa shape index (κ2) is 7.16. The van der Waals surface area contributed by atoms with Crippen molar-refractivity contribution in [1.29, 1.82) is 0 Å². The lowest BCUT2D eigenvalue weighted by Gasteiger charge is -2.20. The molecule has 3 aromatic rings. The molecule has 1 unspecified atom stereocenters. The zero-order chi connectivity index (χ0) is 20.7. The van der Waals surface area contributed by atoms with Crippen LogP contribution in [-0.4, -0.2) is 33.3 Å². The fourth-order valence-electron chi connectivity index (χ4n) is 4.13. The standard InChI is InChI=1S/C21H23FN6O2/c1-13(15-11-14(22)5-6-17(15)29-2)24-18-7-10-28-20(25-18)16(12-23-28)19-26-21(30-27-19)8-3-4-9-21/h5-7,10-13H,3-4,8-9H2,1-2H3,(H,24,25)(H,26,27). The highest BCUT2D eigenvalue weighted by Gasteiger charge is 2.42. The van der Waals surface area contributed by atoms with E-state index in [0.29, 0.717) is 28.6 Å². The molecule has 1 aliphatic heterocycles. The predicted molar refractivity (Wildman–Crippen MR) is 110 cm³/mol. The van der Waals surface area contributed by atoms with Gasteiger partial charge in [0.05, 0.1) is 24.9 Å². The number of halogens is 1. The van der Waals surface area contributed by atoms with Crippen molar-refractivity contribution in [2.45, 2.75) is 44.4 Å². The molecule has 1 saturated carbocycles. The summed E-state index contributed by atoms with van der Waals surface area (Å²) >= 11 is 0. The Morgan fingerprint density at radius 2 is 2.13 bits per heavy atom. The summed E-state index contributed by atoms with van der Waals surface area (Å²) in [5.41, 5.74) is 1.76. The van der Waals surface area contributed by atoms with Crippen molar-refractivity contribution in [3.63, 3.8) is 0 Å². The van der Waals surface area contributed by atoms with Crippen molar-refractivity contribution in [2.75, 3.05) is 12.4 Å². The molecular weight excluding hydrogens is 387 g/mol. The Morgan fingerprint density at radius 1 is 1.30 bits per heavy atom. The van der Waals surface area contributed by atoms with Gasteiger partial charge in [-0.1, -0.05) is 5.16 Å². The van der Waals surface area contributed by atoms with E-state index in [4.69, 9.17) is 14.6 Å². The molecule has 1 aromatic carbocycles. The molecule has 8 nitrogen and oxygen atoms in total. The molecule has 5 rings (SSSR count). The summed E-state index contributed by atoms with van der Waals surface area (Å²) in [5.74, 6) is 1.59. The average Bonchev–Trinajstić information content (AvgIpc) is 3.48. The molecule has 0 amide bonds. The van der Waals surface area contributed by atoms with E-state index in [9.17, 15) is 4.39 Å². The summed E-state index contributed by atoms with van der Waals surface area (Å²) in [5, 5.41) is 15.4. The van der Waals surface area contributed by atoms with E-state index < -0.39 is 0 Å². The number of anilines is 1. The third-order valence-electron chi connectivity index (χ3n) is 5.72. The number of ether oxygens (including phenoxy) is 1. The normalized spacial score (nSPS) is 18.2. The number of benzene rings is 1. The van der Waals surface area contributed by atoms with Gasteiger partial charge in [0.25, 0.3) is 0 Å². The van der Waals surface area contributed by atoms with Crippen LogP contribution in [0.15, 0.2) is 41.8 Å². The van der Waals surface area contributed by atoms with Gasteiger partial charge in [0.15, 0.2) is 11.5 Å². The lowest BCUT2D eigenvalue weighted by atomic mass is 10.1. The molecule has 3 heterocycles. The van der Waals surface area contributed by atoms with Gasteiger partial charge in [-0.25, -0.2) is 13.9 Å². The van der Waals surface area contributed by atoms with E-state index in [0.717, 1.165) is 31.2 Å². The van der Waals surface area contributed by atoms with Crippen LogP contribution in [0.3, 0.4) is 0 Å². The number of aromatic nitrogens is 3. The Kier molecular flexibility index (Phi) is 4.45. The van der Waals surface area contributed by atoms with Crippen molar-refractivity contribution < 1.29 is 14.0 Å². The number of fused-ring (bicyclic) bond motifs is 1. The molecule has 2 aliphatic rings. The minimum Gasteiger partial charge on any atom is -0.496 e. The van der Waals surface area contributed by atoms with Crippen LogP contribution in [0.1, 0.15) is 49.8 Å². The van der Waals surface area contributed by atoms with Gasteiger partial charge in [-0.3, -0.25) is 0 Å². The molecule has 0 bridgehead atoms. The number of rotatable bonds is 5. The fraction of sp³-hybridized carbons (Fsp3) is 0.381. The van der Waals surface area contributed by atoms with Gasteiger partial charge in [0.2, 0.25) is 5.72 Å². The van der Waals surface area contributed by atoms with Gasteiger partial charge in [-0.15, -0.1) is 0 Å². The van der Waals surface area contributed by atoms with E-state index >= 15 is 0 Å². The SMILES string of the molecule is COc1ccc(F)cc1C(C)Nc1ccn2ncc(C3=NOC4(CCCC4)N3)c2n1. The largest absolute Gasteiger partial charge is 0.496 e. The topological polar surface area (TPSA) is 85.1 Å². The summed E-state index contributed by atoms with van der Waals surface area (Å²) in [4.78, 5) is 10.4. The number of nitrogens with one attached hydrogen (secondary N) is 2. The van der Waals surface area contributed by atoms with Crippen LogP contribution in [0.25, 0.3) is 5.65 Å². The summed E-state index contributed by atoms with van der Waals surface area (Å²) in [6, 6.07) is 6.08. The predicted octanol–water partition coefficient (Wildman–Crippen LogP) is 3.60. The molecule has 9 heteroatoms. The monoisotopic (exact) mass is 410 g/mol. The summed E-state index contributed by atoms with van der Waals surface area (Å²) in [6.07, 6.45) is 7.68. The van der Waals surface area contributed by atoms with Crippen LogP contribution in [0, 0.1) is 5.82 Å². The molecule has 30 heavy (non-hydrogen) atoms. The summed E-state index contributed by atoms with van der Waals surface area (Å²) in [7, 11) is 1.57. The first-order valence-electron chi connectivity index (χ1n) is 10.1. The van der Waals surface area contributed by atoms with Crippen LogP contribution < -0.4 is 15.4 Å². The lowest BCUT2D eigenvalue weighted by Crippen LogP contribution is -2.42. The first-order valence-corrected chi connectivity index (χ1v) is 10.1. The molecule has 156 valence electrons. The third kappa shape index (κ3) is 3.20. The molecule has 2 N–H and O–H groups in total.